The number of hydrogen-bond acceptors (Lipinski definition) is 3. The highest BCUT2D eigenvalue weighted by Crippen LogP contribution is 2.20. The summed E-state index contributed by atoms with van der Waals surface area (Å²) in [6.07, 6.45) is 1.43. The third-order valence-corrected chi connectivity index (χ3v) is 3.07. The van der Waals surface area contributed by atoms with Crippen molar-refractivity contribution in [3.63, 3.8) is 0 Å². The number of carboxylic acid groups (broad SMARTS) is 1. The molecule has 0 saturated heterocycles. The monoisotopic (exact) mass is 338 g/mol. The molecule has 0 spiro atoms. The largest absolute Gasteiger partial charge is 0.478 e. The smallest absolute Gasteiger partial charge is 0.337 e. The van der Waals surface area contributed by atoms with Crippen LogP contribution in [0.4, 0.5) is 10.1 Å². The minimum Gasteiger partial charge on any atom is -0.478 e. The van der Waals surface area contributed by atoms with Crippen molar-refractivity contribution < 1.29 is 19.1 Å². The van der Waals surface area contributed by atoms with E-state index in [4.69, 9.17) is 5.11 Å². The molecule has 0 aliphatic rings. The fraction of sp³-hybridized carbons (Fsp3) is 0. The SMILES string of the molecule is O=C(O)c1cc(F)ccc1NC(=O)c1ncccc1Br. The minimum atomic E-state index is -1.33. The lowest BCUT2D eigenvalue weighted by Gasteiger charge is -2.09. The summed E-state index contributed by atoms with van der Waals surface area (Å²) in [5.41, 5.74) is -0.222. The predicted molar refractivity (Wildman–Crippen MR) is 73.2 cm³/mol. The minimum absolute atomic E-state index is 0.00135. The van der Waals surface area contributed by atoms with E-state index in [2.05, 4.69) is 26.2 Å². The van der Waals surface area contributed by atoms with Crippen LogP contribution in [0.15, 0.2) is 41.0 Å². The zero-order chi connectivity index (χ0) is 14.7. The number of anilines is 1. The van der Waals surface area contributed by atoms with E-state index < -0.39 is 17.7 Å². The molecule has 0 unspecified atom stereocenters. The normalized spacial score (nSPS) is 10.1. The van der Waals surface area contributed by atoms with Crippen molar-refractivity contribution in [3.8, 4) is 0 Å². The Morgan fingerprint density at radius 1 is 1.30 bits per heavy atom. The summed E-state index contributed by atoms with van der Waals surface area (Å²) in [6.45, 7) is 0. The van der Waals surface area contributed by atoms with Crippen LogP contribution < -0.4 is 5.32 Å². The summed E-state index contributed by atoms with van der Waals surface area (Å²) >= 11 is 3.17. The topological polar surface area (TPSA) is 79.3 Å². The lowest BCUT2D eigenvalue weighted by Crippen LogP contribution is -2.16. The maximum atomic E-state index is 13.0. The number of rotatable bonds is 3. The summed E-state index contributed by atoms with van der Waals surface area (Å²) in [7, 11) is 0. The lowest BCUT2D eigenvalue weighted by atomic mass is 10.1. The van der Waals surface area contributed by atoms with Crippen LogP contribution in [0.25, 0.3) is 0 Å². The molecular formula is C13H8BrFN2O3. The predicted octanol–water partition coefficient (Wildman–Crippen LogP) is 2.93. The molecule has 0 radical (unpaired) electrons. The quantitative estimate of drug-likeness (QED) is 0.901. The third kappa shape index (κ3) is 3.00. The molecule has 2 rings (SSSR count). The Bertz CT molecular complexity index is 691. The molecule has 0 aliphatic carbocycles. The van der Waals surface area contributed by atoms with Gasteiger partial charge in [0.1, 0.15) is 11.5 Å². The van der Waals surface area contributed by atoms with Crippen molar-refractivity contribution >= 4 is 33.5 Å². The summed E-state index contributed by atoms with van der Waals surface area (Å²) in [5, 5.41) is 11.4. The zero-order valence-electron chi connectivity index (χ0n) is 9.93. The summed E-state index contributed by atoms with van der Waals surface area (Å²) in [6, 6.07) is 6.36. The van der Waals surface area contributed by atoms with E-state index in [-0.39, 0.29) is 16.9 Å². The first kappa shape index (κ1) is 14.1. The number of carboxylic acids is 1. The van der Waals surface area contributed by atoms with Crippen LogP contribution in [0.5, 0.6) is 0 Å². The molecule has 1 aromatic heterocycles. The number of halogens is 2. The lowest BCUT2D eigenvalue weighted by molar-refractivity contribution is 0.0697. The molecule has 0 bridgehead atoms. The van der Waals surface area contributed by atoms with Gasteiger partial charge >= 0.3 is 5.97 Å². The molecule has 1 heterocycles. The van der Waals surface area contributed by atoms with Gasteiger partial charge < -0.3 is 10.4 Å². The number of hydrogen-bond donors (Lipinski definition) is 2. The Morgan fingerprint density at radius 3 is 2.70 bits per heavy atom. The molecule has 2 aromatic rings. The summed E-state index contributed by atoms with van der Waals surface area (Å²) in [4.78, 5) is 26.9. The van der Waals surface area contributed by atoms with E-state index in [1.54, 1.807) is 12.1 Å². The molecule has 2 N–H and O–H groups in total. The molecule has 1 aromatic carbocycles. The molecule has 7 heteroatoms. The van der Waals surface area contributed by atoms with Gasteiger partial charge in [-0.3, -0.25) is 4.79 Å². The van der Waals surface area contributed by atoms with Crippen molar-refractivity contribution in [2.24, 2.45) is 0 Å². The average Bonchev–Trinajstić information content (AvgIpc) is 2.41. The first-order valence-electron chi connectivity index (χ1n) is 5.44. The van der Waals surface area contributed by atoms with Gasteiger partial charge in [-0.1, -0.05) is 0 Å². The molecule has 102 valence electrons. The molecule has 0 atom stereocenters. The highest BCUT2D eigenvalue weighted by Gasteiger charge is 2.16. The van der Waals surface area contributed by atoms with Gasteiger partial charge in [0.2, 0.25) is 0 Å². The second-order valence-electron chi connectivity index (χ2n) is 3.78. The molecule has 0 saturated carbocycles. The Balaban J connectivity index is 2.33. The van der Waals surface area contributed by atoms with Gasteiger partial charge in [-0.25, -0.2) is 14.2 Å². The Hall–Kier alpha value is -2.28. The number of benzene rings is 1. The maximum Gasteiger partial charge on any atom is 0.337 e. The highest BCUT2D eigenvalue weighted by molar-refractivity contribution is 9.10. The van der Waals surface area contributed by atoms with Crippen molar-refractivity contribution in [2.75, 3.05) is 5.32 Å². The zero-order valence-corrected chi connectivity index (χ0v) is 11.5. The van der Waals surface area contributed by atoms with E-state index in [0.717, 1.165) is 12.1 Å². The van der Waals surface area contributed by atoms with Crippen LogP contribution in [0, 0.1) is 5.82 Å². The number of nitrogens with one attached hydrogen (secondary N) is 1. The highest BCUT2D eigenvalue weighted by atomic mass is 79.9. The van der Waals surface area contributed by atoms with E-state index in [0.29, 0.717) is 4.47 Å². The van der Waals surface area contributed by atoms with Crippen molar-refractivity contribution in [1.29, 1.82) is 0 Å². The number of carbonyl (C=O) groups is 2. The van der Waals surface area contributed by atoms with Gasteiger partial charge in [-0.05, 0) is 46.3 Å². The van der Waals surface area contributed by atoms with Gasteiger partial charge in [0.05, 0.1) is 11.3 Å². The molecule has 0 aliphatic heterocycles. The van der Waals surface area contributed by atoms with Crippen LogP contribution >= 0.6 is 15.9 Å². The molecule has 0 fully saturated rings. The van der Waals surface area contributed by atoms with Gasteiger partial charge in [-0.15, -0.1) is 0 Å². The summed E-state index contributed by atoms with van der Waals surface area (Å²) in [5.74, 6) is -2.62. The van der Waals surface area contributed by atoms with Crippen LogP contribution in [-0.2, 0) is 0 Å². The number of aromatic carboxylic acids is 1. The second-order valence-corrected chi connectivity index (χ2v) is 4.64. The van der Waals surface area contributed by atoms with E-state index in [1.165, 1.54) is 12.3 Å². The Morgan fingerprint density at radius 2 is 2.05 bits per heavy atom. The number of aromatic nitrogens is 1. The van der Waals surface area contributed by atoms with Gasteiger partial charge in [-0.2, -0.15) is 0 Å². The first-order chi connectivity index (χ1) is 9.49. The van der Waals surface area contributed by atoms with Crippen LogP contribution in [0.3, 0.4) is 0 Å². The van der Waals surface area contributed by atoms with E-state index in [1.807, 2.05) is 0 Å². The van der Waals surface area contributed by atoms with Gasteiger partial charge in [0.25, 0.3) is 5.91 Å². The number of amides is 1. The summed E-state index contributed by atoms with van der Waals surface area (Å²) < 4.78 is 13.5. The number of nitrogens with zero attached hydrogens (tertiary/aromatic N) is 1. The van der Waals surface area contributed by atoms with Gasteiger partial charge in [0.15, 0.2) is 0 Å². The number of pyridine rings is 1. The number of carbonyl (C=O) groups excluding carboxylic acids is 1. The average molecular weight is 339 g/mol. The van der Waals surface area contributed by atoms with Crippen molar-refractivity contribution in [3.05, 3.63) is 58.1 Å². The third-order valence-electron chi connectivity index (χ3n) is 2.43. The van der Waals surface area contributed by atoms with E-state index >= 15 is 0 Å². The van der Waals surface area contributed by atoms with Gasteiger partial charge in [0, 0.05) is 10.7 Å². The standard InChI is InChI=1S/C13H8BrFN2O3/c14-9-2-1-5-16-11(9)12(18)17-10-4-3-7(15)6-8(10)13(19)20/h1-6H,(H,17,18)(H,19,20). The Kier molecular flexibility index (Phi) is 4.09. The molecule has 1 amide bonds. The maximum absolute atomic E-state index is 13.0. The fourth-order valence-corrected chi connectivity index (χ4v) is 1.97. The van der Waals surface area contributed by atoms with Crippen molar-refractivity contribution in [2.45, 2.75) is 0 Å². The molecular weight excluding hydrogens is 331 g/mol. The van der Waals surface area contributed by atoms with E-state index in [9.17, 15) is 14.0 Å². The molecule has 5 nitrogen and oxygen atoms in total. The van der Waals surface area contributed by atoms with Crippen LogP contribution in [0.2, 0.25) is 0 Å². The first-order valence-corrected chi connectivity index (χ1v) is 6.23. The fourth-order valence-electron chi connectivity index (χ4n) is 1.54. The Labute approximate surface area is 121 Å². The van der Waals surface area contributed by atoms with Crippen LogP contribution in [-0.4, -0.2) is 22.0 Å². The second kappa shape index (κ2) is 5.79. The van der Waals surface area contributed by atoms with Crippen molar-refractivity contribution in [1.82, 2.24) is 4.98 Å². The molecule has 20 heavy (non-hydrogen) atoms. The van der Waals surface area contributed by atoms with Crippen LogP contribution in [0.1, 0.15) is 20.8 Å².